The number of fused-ring (bicyclic) bond motifs is 1. The normalized spacial score (nSPS) is 14.8. The summed E-state index contributed by atoms with van der Waals surface area (Å²) in [5, 5.41) is 2.78. The second-order valence-electron chi connectivity index (χ2n) is 6.59. The molecule has 1 N–H and O–H groups in total. The first-order valence-corrected chi connectivity index (χ1v) is 9.14. The fourth-order valence-electron chi connectivity index (χ4n) is 3.35. The number of nitrogens with zero attached hydrogens (tertiary/aromatic N) is 3. The Morgan fingerprint density at radius 1 is 1.18 bits per heavy atom. The molecule has 28 heavy (non-hydrogen) atoms. The predicted octanol–water partition coefficient (Wildman–Crippen LogP) is 2.89. The van der Waals surface area contributed by atoms with Crippen LogP contribution in [0.3, 0.4) is 0 Å². The minimum absolute atomic E-state index is 0.319. The van der Waals surface area contributed by atoms with Crippen molar-refractivity contribution in [2.75, 3.05) is 32.8 Å². The fourth-order valence-corrected chi connectivity index (χ4v) is 3.35. The molecule has 1 amide bonds. The van der Waals surface area contributed by atoms with Gasteiger partial charge in [-0.15, -0.1) is 0 Å². The van der Waals surface area contributed by atoms with Crippen molar-refractivity contribution in [3.63, 3.8) is 0 Å². The van der Waals surface area contributed by atoms with Crippen molar-refractivity contribution in [1.82, 2.24) is 14.4 Å². The molecule has 0 bridgehead atoms. The Morgan fingerprint density at radius 2 is 2.00 bits per heavy atom. The van der Waals surface area contributed by atoms with Gasteiger partial charge in [-0.25, -0.2) is 4.98 Å². The number of hydrogen-bond donors (Lipinski definition) is 1. The zero-order valence-electron chi connectivity index (χ0n) is 15.8. The van der Waals surface area contributed by atoms with Gasteiger partial charge in [0.15, 0.2) is 0 Å². The summed E-state index contributed by atoms with van der Waals surface area (Å²) in [7, 11) is 3.06. The number of nitrogens with one attached hydrogen (secondary N) is 1. The van der Waals surface area contributed by atoms with Gasteiger partial charge in [0.05, 0.1) is 25.5 Å². The molecule has 0 atom stereocenters. The number of carbonyl (C=O) groups excluding carboxylic acids is 1. The molecule has 1 fully saturated rings. The van der Waals surface area contributed by atoms with E-state index in [1.165, 1.54) is 14.2 Å². The number of ether oxygens (including phenoxy) is 3. The van der Waals surface area contributed by atoms with Crippen LogP contribution in [0.4, 0.5) is 5.82 Å². The largest absolute Gasteiger partial charge is 0.496 e. The van der Waals surface area contributed by atoms with Gasteiger partial charge in [-0.3, -0.25) is 4.79 Å². The maximum absolute atomic E-state index is 12.8. The number of carbonyl (C=O) groups is 1. The average Bonchev–Trinajstić information content (AvgIpc) is 3.16. The molecule has 3 aromatic heterocycles. The lowest BCUT2D eigenvalue weighted by Crippen LogP contribution is -2.15. The van der Waals surface area contributed by atoms with E-state index in [0.29, 0.717) is 28.9 Å². The van der Waals surface area contributed by atoms with Crippen LogP contribution in [0.1, 0.15) is 34.8 Å². The van der Waals surface area contributed by atoms with E-state index < -0.39 is 0 Å². The standard InChI is InChI=1S/C20H22N4O4/c1-26-16-10-18-21-15(13-6-8-28-9-7-13)12-24(18)11-14(16)20(25)23-17-4-3-5-19(22-17)27-2/h3-5,10-13H,6-9H2,1-2H3,(H,22,23,25). The number of amides is 1. The topological polar surface area (TPSA) is 87.0 Å². The maximum atomic E-state index is 12.8. The smallest absolute Gasteiger partial charge is 0.262 e. The molecule has 0 spiro atoms. The van der Waals surface area contributed by atoms with Crippen molar-refractivity contribution in [2.24, 2.45) is 0 Å². The Hall–Kier alpha value is -3.13. The van der Waals surface area contributed by atoms with Crippen LogP contribution in [0, 0.1) is 0 Å². The first-order valence-electron chi connectivity index (χ1n) is 9.14. The van der Waals surface area contributed by atoms with Gasteiger partial charge in [-0.2, -0.15) is 4.98 Å². The van der Waals surface area contributed by atoms with Crippen LogP contribution in [0.25, 0.3) is 5.65 Å². The molecular weight excluding hydrogens is 360 g/mol. The number of rotatable bonds is 5. The van der Waals surface area contributed by atoms with E-state index in [0.717, 1.165) is 37.4 Å². The molecule has 8 nitrogen and oxygen atoms in total. The highest BCUT2D eigenvalue weighted by atomic mass is 16.5. The molecule has 4 heterocycles. The molecule has 1 saturated heterocycles. The molecule has 0 unspecified atom stereocenters. The highest BCUT2D eigenvalue weighted by molar-refractivity contribution is 6.05. The number of anilines is 1. The molecular formula is C20H22N4O4. The second kappa shape index (κ2) is 7.85. The zero-order valence-corrected chi connectivity index (χ0v) is 15.8. The Kier molecular flexibility index (Phi) is 5.12. The highest BCUT2D eigenvalue weighted by Gasteiger charge is 2.21. The summed E-state index contributed by atoms with van der Waals surface area (Å²) < 4.78 is 17.8. The van der Waals surface area contributed by atoms with Crippen LogP contribution < -0.4 is 14.8 Å². The summed E-state index contributed by atoms with van der Waals surface area (Å²) in [6.45, 7) is 1.51. The van der Waals surface area contributed by atoms with E-state index in [1.54, 1.807) is 30.5 Å². The van der Waals surface area contributed by atoms with Crippen LogP contribution in [0.15, 0.2) is 36.7 Å². The highest BCUT2D eigenvalue weighted by Crippen LogP contribution is 2.28. The van der Waals surface area contributed by atoms with E-state index in [-0.39, 0.29) is 5.91 Å². The molecule has 3 aromatic rings. The van der Waals surface area contributed by atoms with Gasteiger partial charge in [-0.05, 0) is 18.9 Å². The molecule has 4 rings (SSSR count). The van der Waals surface area contributed by atoms with E-state index in [4.69, 9.17) is 19.2 Å². The fraction of sp³-hybridized carbons (Fsp3) is 0.350. The molecule has 1 aliphatic heterocycles. The maximum Gasteiger partial charge on any atom is 0.262 e. The summed E-state index contributed by atoms with van der Waals surface area (Å²) in [4.78, 5) is 21.8. The molecule has 146 valence electrons. The summed E-state index contributed by atoms with van der Waals surface area (Å²) in [6, 6.07) is 6.95. The first-order chi connectivity index (χ1) is 13.7. The molecule has 0 aliphatic carbocycles. The van der Waals surface area contributed by atoms with Crippen LogP contribution in [-0.2, 0) is 4.74 Å². The number of aromatic nitrogens is 3. The molecule has 0 radical (unpaired) electrons. The lowest BCUT2D eigenvalue weighted by atomic mass is 9.97. The van der Waals surface area contributed by atoms with Crippen molar-refractivity contribution in [1.29, 1.82) is 0 Å². The Balaban J connectivity index is 1.64. The van der Waals surface area contributed by atoms with E-state index in [9.17, 15) is 4.79 Å². The minimum atomic E-state index is -0.319. The van der Waals surface area contributed by atoms with Crippen LogP contribution >= 0.6 is 0 Å². The second-order valence-corrected chi connectivity index (χ2v) is 6.59. The average molecular weight is 382 g/mol. The van der Waals surface area contributed by atoms with Gasteiger partial charge in [0.2, 0.25) is 5.88 Å². The number of methoxy groups -OCH3 is 2. The van der Waals surface area contributed by atoms with Crippen LogP contribution in [0.2, 0.25) is 0 Å². The number of hydrogen-bond acceptors (Lipinski definition) is 6. The molecule has 0 saturated carbocycles. The van der Waals surface area contributed by atoms with E-state index >= 15 is 0 Å². The van der Waals surface area contributed by atoms with Crippen molar-refractivity contribution in [3.8, 4) is 11.6 Å². The Bertz CT molecular complexity index is 995. The zero-order chi connectivity index (χ0) is 19.5. The van der Waals surface area contributed by atoms with E-state index in [1.807, 2.05) is 10.6 Å². The van der Waals surface area contributed by atoms with Gasteiger partial charge >= 0.3 is 0 Å². The lowest BCUT2D eigenvalue weighted by Gasteiger charge is -2.19. The van der Waals surface area contributed by atoms with Crippen molar-refractivity contribution in [3.05, 3.63) is 47.9 Å². The van der Waals surface area contributed by atoms with Gasteiger partial charge in [-0.1, -0.05) is 6.07 Å². The molecule has 1 aliphatic rings. The SMILES string of the molecule is COc1cccc(NC(=O)c2cn3cc(C4CCOCC4)nc3cc2OC)n1. The molecule has 8 heteroatoms. The van der Waals surface area contributed by atoms with Gasteiger partial charge < -0.3 is 23.9 Å². The third-order valence-electron chi connectivity index (χ3n) is 4.85. The number of pyridine rings is 2. The Morgan fingerprint density at radius 3 is 2.75 bits per heavy atom. The van der Waals surface area contributed by atoms with Crippen LogP contribution in [-0.4, -0.2) is 47.7 Å². The van der Waals surface area contributed by atoms with E-state index in [2.05, 4.69) is 10.3 Å². The lowest BCUT2D eigenvalue weighted by molar-refractivity contribution is 0.0846. The summed E-state index contributed by atoms with van der Waals surface area (Å²) in [5.74, 6) is 1.34. The summed E-state index contributed by atoms with van der Waals surface area (Å²) >= 11 is 0. The summed E-state index contributed by atoms with van der Waals surface area (Å²) in [6.07, 6.45) is 5.62. The monoisotopic (exact) mass is 382 g/mol. The quantitative estimate of drug-likeness (QED) is 0.730. The van der Waals surface area contributed by atoms with Crippen molar-refractivity contribution in [2.45, 2.75) is 18.8 Å². The van der Waals surface area contributed by atoms with Crippen molar-refractivity contribution < 1.29 is 19.0 Å². The van der Waals surface area contributed by atoms with Gasteiger partial charge in [0.1, 0.15) is 17.2 Å². The predicted molar refractivity (Wildman–Crippen MR) is 103 cm³/mol. The minimum Gasteiger partial charge on any atom is -0.496 e. The molecule has 0 aromatic carbocycles. The van der Waals surface area contributed by atoms with Crippen molar-refractivity contribution >= 4 is 17.4 Å². The van der Waals surface area contributed by atoms with Crippen LogP contribution in [0.5, 0.6) is 11.6 Å². The number of imidazole rings is 1. The van der Waals surface area contributed by atoms with Gasteiger partial charge in [0, 0.05) is 43.7 Å². The van der Waals surface area contributed by atoms with Gasteiger partial charge in [0.25, 0.3) is 5.91 Å². The third kappa shape index (κ3) is 3.63. The summed E-state index contributed by atoms with van der Waals surface area (Å²) in [5.41, 5.74) is 2.15. The Labute approximate surface area is 162 Å². The first kappa shape index (κ1) is 18.2. The third-order valence-corrected chi connectivity index (χ3v) is 4.85.